The number of hydrogen-bond acceptors (Lipinski definition) is 6. The van der Waals surface area contributed by atoms with Crippen LogP contribution in [0.15, 0.2) is 47.4 Å². The topological polar surface area (TPSA) is 114 Å². The van der Waals surface area contributed by atoms with Crippen molar-refractivity contribution in [3.05, 3.63) is 59.4 Å². The first-order valence-electron chi connectivity index (χ1n) is 10.3. The predicted molar refractivity (Wildman–Crippen MR) is 117 cm³/mol. The smallest absolute Gasteiger partial charge is 0.309 e. The minimum Gasteiger partial charge on any atom is -0.496 e. The number of amides is 2. The molecule has 1 fully saturated rings. The number of rotatable bonds is 7. The molecule has 1 aliphatic rings. The first-order valence-corrected chi connectivity index (χ1v) is 11.8. The van der Waals surface area contributed by atoms with Gasteiger partial charge in [0, 0.05) is 18.7 Å². The fraction of sp³-hybridized carbons (Fsp3) is 0.364. The lowest BCUT2D eigenvalue weighted by atomic mass is 10.2. The van der Waals surface area contributed by atoms with Crippen LogP contribution in [0.25, 0.3) is 0 Å². The molecule has 1 heterocycles. The number of sulfonamides is 1. The van der Waals surface area contributed by atoms with Crippen LogP contribution in [-0.4, -0.2) is 57.6 Å². The maximum absolute atomic E-state index is 13.7. The van der Waals surface area contributed by atoms with Gasteiger partial charge in [0.1, 0.15) is 17.8 Å². The molecule has 0 saturated carbocycles. The van der Waals surface area contributed by atoms with Crippen LogP contribution < -0.4 is 15.4 Å². The van der Waals surface area contributed by atoms with Gasteiger partial charge in [-0.15, -0.1) is 0 Å². The van der Waals surface area contributed by atoms with Gasteiger partial charge in [0.05, 0.1) is 25.2 Å². The molecule has 0 spiro atoms. The van der Waals surface area contributed by atoms with Crippen molar-refractivity contribution in [2.24, 2.45) is 0 Å². The zero-order valence-corrected chi connectivity index (χ0v) is 19.2. The molecule has 33 heavy (non-hydrogen) atoms. The molecule has 0 aliphatic carbocycles. The van der Waals surface area contributed by atoms with E-state index in [0.29, 0.717) is 24.3 Å². The average Bonchev–Trinajstić information content (AvgIpc) is 2.81. The minimum absolute atomic E-state index is 0.0743. The summed E-state index contributed by atoms with van der Waals surface area (Å²) >= 11 is 0. The zero-order chi connectivity index (χ0) is 24.0. The van der Waals surface area contributed by atoms with Gasteiger partial charge >= 0.3 is 11.8 Å². The number of methoxy groups -OCH3 is 1. The first-order chi connectivity index (χ1) is 15.7. The molecule has 1 saturated heterocycles. The summed E-state index contributed by atoms with van der Waals surface area (Å²) in [5.74, 6) is -1.87. The van der Waals surface area contributed by atoms with Gasteiger partial charge in [0.25, 0.3) is 0 Å². The van der Waals surface area contributed by atoms with Crippen molar-refractivity contribution in [2.45, 2.75) is 31.0 Å². The summed E-state index contributed by atoms with van der Waals surface area (Å²) < 4.78 is 52.0. The van der Waals surface area contributed by atoms with E-state index in [2.05, 4.69) is 10.6 Å². The second-order valence-electron chi connectivity index (χ2n) is 7.41. The van der Waals surface area contributed by atoms with Crippen molar-refractivity contribution in [3.63, 3.8) is 0 Å². The molecule has 0 aromatic heterocycles. The summed E-state index contributed by atoms with van der Waals surface area (Å²) in [4.78, 5) is 24.3. The maximum Gasteiger partial charge on any atom is 0.309 e. The van der Waals surface area contributed by atoms with E-state index < -0.39 is 33.9 Å². The number of ether oxygens (including phenoxy) is 2. The summed E-state index contributed by atoms with van der Waals surface area (Å²) in [6.45, 7) is 1.87. The van der Waals surface area contributed by atoms with Crippen molar-refractivity contribution in [1.29, 1.82) is 0 Å². The SMILES string of the molecule is COc1ccc(S(=O)(=O)N2CCCO[C@@H]2CNC(=O)C(=O)NCc2ccccc2F)cc1C. The Kier molecular flexibility index (Phi) is 8.01. The number of benzene rings is 2. The van der Waals surface area contributed by atoms with Crippen molar-refractivity contribution in [2.75, 3.05) is 26.8 Å². The second kappa shape index (κ2) is 10.7. The molecule has 2 aromatic carbocycles. The van der Waals surface area contributed by atoms with Crippen molar-refractivity contribution < 1.29 is 31.9 Å². The largest absolute Gasteiger partial charge is 0.496 e. The first kappa shape index (κ1) is 24.6. The molecule has 1 aliphatic heterocycles. The summed E-state index contributed by atoms with van der Waals surface area (Å²) in [6.07, 6.45) is -0.489. The molecule has 178 valence electrons. The van der Waals surface area contributed by atoms with E-state index in [1.807, 2.05) is 0 Å². The fourth-order valence-corrected chi connectivity index (χ4v) is 5.06. The van der Waals surface area contributed by atoms with Gasteiger partial charge in [0.15, 0.2) is 0 Å². The third kappa shape index (κ3) is 5.86. The number of nitrogens with zero attached hydrogens (tertiary/aromatic N) is 1. The fourth-order valence-electron chi connectivity index (χ4n) is 3.41. The van der Waals surface area contributed by atoms with E-state index in [0.717, 1.165) is 4.31 Å². The number of nitrogens with one attached hydrogen (secondary N) is 2. The third-order valence-electron chi connectivity index (χ3n) is 5.17. The molecule has 0 unspecified atom stereocenters. The van der Waals surface area contributed by atoms with E-state index >= 15 is 0 Å². The van der Waals surface area contributed by atoms with E-state index in [1.165, 1.54) is 37.4 Å². The molecule has 2 N–H and O–H groups in total. The standard InChI is InChI=1S/C22H26FN3O6S/c1-15-12-17(8-9-19(15)31-2)33(29,30)26-10-5-11-32-20(26)14-25-22(28)21(27)24-13-16-6-3-4-7-18(16)23/h3-4,6-9,12,20H,5,10-11,13-14H2,1-2H3,(H,24,27)(H,25,28)/t20-/m1/s1. The highest BCUT2D eigenvalue weighted by Crippen LogP contribution is 2.26. The highest BCUT2D eigenvalue weighted by atomic mass is 32.2. The highest BCUT2D eigenvalue weighted by molar-refractivity contribution is 7.89. The minimum atomic E-state index is -3.92. The van der Waals surface area contributed by atoms with E-state index in [-0.39, 0.29) is 30.1 Å². The Hall–Kier alpha value is -3.02. The molecule has 0 radical (unpaired) electrons. The van der Waals surface area contributed by atoms with Crippen LogP contribution in [0.5, 0.6) is 5.75 Å². The highest BCUT2D eigenvalue weighted by Gasteiger charge is 2.35. The predicted octanol–water partition coefficient (Wildman–Crippen LogP) is 1.31. The van der Waals surface area contributed by atoms with Gasteiger partial charge in [-0.2, -0.15) is 4.31 Å². The van der Waals surface area contributed by atoms with Gasteiger partial charge < -0.3 is 20.1 Å². The van der Waals surface area contributed by atoms with Crippen LogP contribution >= 0.6 is 0 Å². The maximum atomic E-state index is 13.7. The molecule has 1 atom stereocenters. The van der Waals surface area contributed by atoms with Gasteiger partial charge in [-0.25, -0.2) is 12.8 Å². The third-order valence-corrected chi connectivity index (χ3v) is 7.05. The van der Waals surface area contributed by atoms with Gasteiger partial charge in [-0.3, -0.25) is 9.59 Å². The van der Waals surface area contributed by atoms with Crippen LogP contribution in [0.3, 0.4) is 0 Å². The molecule has 2 amide bonds. The number of carbonyl (C=O) groups excluding carboxylic acids is 2. The molecule has 0 bridgehead atoms. The van der Waals surface area contributed by atoms with Gasteiger partial charge in [-0.05, 0) is 43.2 Å². The summed E-state index contributed by atoms with van der Waals surface area (Å²) in [5, 5.41) is 4.73. The lowest BCUT2D eigenvalue weighted by Crippen LogP contribution is -2.53. The van der Waals surface area contributed by atoms with Crippen molar-refractivity contribution in [1.82, 2.24) is 14.9 Å². The number of hydrogen-bond donors (Lipinski definition) is 2. The molecule has 9 nitrogen and oxygen atoms in total. The molecule has 3 rings (SSSR count). The van der Waals surface area contributed by atoms with E-state index in [9.17, 15) is 22.4 Å². The Morgan fingerprint density at radius 2 is 1.91 bits per heavy atom. The van der Waals surface area contributed by atoms with E-state index in [4.69, 9.17) is 9.47 Å². The summed E-state index contributed by atoms with van der Waals surface area (Å²) in [5.41, 5.74) is 0.897. The van der Waals surface area contributed by atoms with Gasteiger partial charge in [-0.1, -0.05) is 18.2 Å². The van der Waals surface area contributed by atoms with Crippen LogP contribution in [0, 0.1) is 12.7 Å². The zero-order valence-electron chi connectivity index (χ0n) is 18.3. The van der Waals surface area contributed by atoms with Crippen LogP contribution in [0.4, 0.5) is 4.39 Å². The second-order valence-corrected chi connectivity index (χ2v) is 9.30. The van der Waals surface area contributed by atoms with Crippen molar-refractivity contribution in [3.8, 4) is 5.75 Å². The van der Waals surface area contributed by atoms with E-state index in [1.54, 1.807) is 19.1 Å². The Labute approximate surface area is 191 Å². The number of carbonyl (C=O) groups is 2. The monoisotopic (exact) mass is 479 g/mol. The Morgan fingerprint density at radius 1 is 1.18 bits per heavy atom. The average molecular weight is 480 g/mol. The number of halogens is 1. The molecular weight excluding hydrogens is 453 g/mol. The Bertz CT molecular complexity index is 1120. The van der Waals surface area contributed by atoms with Crippen molar-refractivity contribution >= 4 is 21.8 Å². The molecule has 11 heteroatoms. The van der Waals surface area contributed by atoms with Gasteiger partial charge in [0.2, 0.25) is 10.0 Å². The quantitative estimate of drug-likeness (QED) is 0.579. The normalized spacial score (nSPS) is 16.8. The molecule has 2 aromatic rings. The summed E-state index contributed by atoms with van der Waals surface area (Å²) in [6, 6.07) is 10.4. The summed E-state index contributed by atoms with van der Waals surface area (Å²) in [7, 11) is -2.42. The number of aryl methyl sites for hydroxylation is 1. The lowest BCUT2D eigenvalue weighted by molar-refractivity contribution is -0.140. The lowest BCUT2D eigenvalue weighted by Gasteiger charge is -2.34. The molecular formula is C22H26FN3O6S. The Balaban J connectivity index is 1.63. The van der Waals surface area contributed by atoms with Crippen LogP contribution in [0.2, 0.25) is 0 Å². The Morgan fingerprint density at radius 3 is 2.61 bits per heavy atom. The van der Waals surface area contributed by atoms with Crippen LogP contribution in [0.1, 0.15) is 17.5 Å². The van der Waals surface area contributed by atoms with Crippen LogP contribution in [-0.2, 0) is 30.9 Å².